The lowest BCUT2D eigenvalue weighted by Crippen LogP contribution is -2.56. The van der Waals surface area contributed by atoms with Crippen molar-refractivity contribution < 1.29 is 9.53 Å². The zero-order chi connectivity index (χ0) is 14.8. The van der Waals surface area contributed by atoms with Crippen LogP contribution in [0.2, 0.25) is 0 Å². The van der Waals surface area contributed by atoms with Crippen molar-refractivity contribution in [3.05, 3.63) is 0 Å². The summed E-state index contributed by atoms with van der Waals surface area (Å²) in [6.07, 6.45) is 8.01. The molecule has 0 aromatic rings. The van der Waals surface area contributed by atoms with E-state index in [-0.39, 0.29) is 12.1 Å². The smallest absolute Gasteiger partial charge is 0.407 e. The fraction of sp³-hybridized carbons (Fsp3) is 0.933. The summed E-state index contributed by atoms with van der Waals surface area (Å²) in [4.78, 5) is 11.6. The van der Waals surface area contributed by atoms with Crippen LogP contribution in [0.1, 0.15) is 52.9 Å². The molecule has 0 bridgehead atoms. The number of thioether (sulfide) groups is 1. The van der Waals surface area contributed by atoms with Crippen molar-refractivity contribution in [2.75, 3.05) is 12.8 Å². The lowest BCUT2D eigenvalue weighted by molar-refractivity contribution is 0.0464. The van der Waals surface area contributed by atoms with Crippen molar-refractivity contribution in [2.45, 2.75) is 75.3 Å². The van der Waals surface area contributed by atoms with Crippen LogP contribution < -0.4 is 10.6 Å². The van der Waals surface area contributed by atoms with Gasteiger partial charge in [-0.1, -0.05) is 6.42 Å². The molecule has 2 saturated carbocycles. The van der Waals surface area contributed by atoms with Gasteiger partial charge in [-0.25, -0.2) is 4.79 Å². The predicted molar refractivity (Wildman–Crippen MR) is 84.3 cm³/mol. The van der Waals surface area contributed by atoms with E-state index in [1.54, 1.807) is 0 Å². The molecule has 4 nitrogen and oxygen atoms in total. The Morgan fingerprint density at radius 1 is 1.30 bits per heavy atom. The molecule has 0 radical (unpaired) electrons. The van der Waals surface area contributed by atoms with Gasteiger partial charge >= 0.3 is 6.09 Å². The maximum Gasteiger partial charge on any atom is 0.407 e. The van der Waals surface area contributed by atoms with Crippen LogP contribution in [0.15, 0.2) is 0 Å². The van der Waals surface area contributed by atoms with Gasteiger partial charge in [-0.3, -0.25) is 0 Å². The average molecular weight is 300 g/mol. The zero-order valence-electron chi connectivity index (χ0n) is 13.1. The van der Waals surface area contributed by atoms with Gasteiger partial charge in [0.25, 0.3) is 0 Å². The maximum absolute atomic E-state index is 11.6. The van der Waals surface area contributed by atoms with Crippen molar-refractivity contribution in [3.8, 4) is 0 Å². The van der Waals surface area contributed by atoms with Gasteiger partial charge in [0.15, 0.2) is 0 Å². The second kappa shape index (κ2) is 6.14. The van der Waals surface area contributed by atoms with E-state index in [0.717, 1.165) is 19.4 Å². The number of carbonyl (C=O) groups is 1. The third-order valence-electron chi connectivity index (χ3n) is 4.27. The Labute approximate surface area is 126 Å². The Hall–Kier alpha value is -0.420. The molecule has 0 unspecified atom stereocenters. The van der Waals surface area contributed by atoms with E-state index in [1.165, 1.54) is 19.3 Å². The zero-order valence-corrected chi connectivity index (χ0v) is 13.9. The first-order valence-corrected chi connectivity index (χ1v) is 8.82. The van der Waals surface area contributed by atoms with E-state index < -0.39 is 5.60 Å². The maximum atomic E-state index is 11.6. The molecule has 0 saturated heterocycles. The van der Waals surface area contributed by atoms with Crippen LogP contribution in [0.5, 0.6) is 0 Å². The minimum absolute atomic E-state index is 0.272. The SMILES string of the molecule is CSC1(CNC2CC(NC(=O)OC(C)(C)C)C2)CCC1. The second-order valence-corrected chi connectivity index (χ2v) is 8.41. The first-order chi connectivity index (χ1) is 9.32. The van der Waals surface area contributed by atoms with Gasteiger partial charge in [0, 0.05) is 23.4 Å². The molecule has 1 amide bonds. The van der Waals surface area contributed by atoms with Crippen LogP contribution in [-0.4, -0.2) is 41.3 Å². The highest BCUT2D eigenvalue weighted by atomic mass is 32.2. The predicted octanol–water partition coefficient (Wildman–Crippen LogP) is 2.92. The number of amides is 1. The number of alkyl carbamates (subject to hydrolysis) is 1. The molecule has 116 valence electrons. The number of nitrogens with one attached hydrogen (secondary N) is 2. The van der Waals surface area contributed by atoms with E-state index in [1.807, 2.05) is 32.5 Å². The first-order valence-electron chi connectivity index (χ1n) is 7.60. The van der Waals surface area contributed by atoms with Crippen molar-refractivity contribution in [1.82, 2.24) is 10.6 Å². The minimum atomic E-state index is -0.416. The molecule has 0 spiro atoms. The molecular formula is C15H28N2O2S. The van der Waals surface area contributed by atoms with Crippen LogP contribution >= 0.6 is 11.8 Å². The van der Waals surface area contributed by atoms with Gasteiger partial charge in [0.2, 0.25) is 0 Å². The molecule has 2 aliphatic rings. The van der Waals surface area contributed by atoms with Crippen LogP contribution in [-0.2, 0) is 4.74 Å². The third kappa shape index (κ3) is 4.29. The lowest BCUT2D eigenvalue weighted by Gasteiger charge is -2.44. The molecule has 2 N–H and O–H groups in total. The quantitative estimate of drug-likeness (QED) is 0.819. The number of hydrogen-bond donors (Lipinski definition) is 2. The number of rotatable bonds is 5. The van der Waals surface area contributed by atoms with Crippen molar-refractivity contribution in [2.24, 2.45) is 0 Å². The Morgan fingerprint density at radius 3 is 2.40 bits per heavy atom. The number of carbonyl (C=O) groups excluding carboxylic acids is 1. The molecule has 0 atom stereocenters. The summed E-state index contributed by atoms with van der Waals surface area (Å²) in [6.45, 7) is 6.77. The van der Waals surface area contributed by atoms with Gasteiger partial charge < -0.3 is 15.4 Å². The van der Waals surface area contributed by atoms with Crippen LogP contribution in [0.4, 0.5) is 4.79 Å². The Bertz CT molecular complexity index is 339. The van der Waals surface area contributed by atoms with Crippen LogP contribution in [0.25, 0.3) is 0 Å². The fourth-order valence-electron chi connectivity index (χ4n) is 2.73. The van der Waals surface area contributed by atoms with E-state index in [0.29, 0.717) is 10.8 Å². The van der Waals surface area contributed by atoms with Gasteiger partial charge in [0.1, 0.15) is 5.60 Å². The third-order valence-corrected chi connectivity index (χ3v) is 5.69. The highest BCUT2D eigenvalue weighted by Crippen LogP contribution is 2.42. The van der Waals surface area contributed by atoms with E-state index in [9.17, 15) is 4.79 Å². The molecule has 0 heterocycles. The molecule has 2 aliphatic carbocycles. The number of hydrogen-bond acceptors (Lipinski definition) is 4. The highest BCUT2D eigenvalue weighted by molar-refractivity contribution is 8.00. The standard InChI is InChI=1S/C15H28N2O2S/c1-14(2,3)19-13(18)17-12-8-11(9-12)16-10-15(20-4)6-5-7-15/h11-12,16H,5-10H2,1-4H3,(H,17,18). The molecule has 2 rings (SSSR count). The average Bonchev–Trinajstić information content (AvgIpc) is 2.21. The van der Waals surface area contributed by atoms with Gasteiger partial charge in [-0.05, 0) is 52.7 Å². The Kier molecular flexibility index (Phi) is 4.90. The highest BCUT2D eigenvalue weighted by Gasteiger charge is 2.38. The first kappa shape index (κ1) is 16.0. The van der Waals surface area contributed by atoms with Crippen LogP contribution in [0, 0.1) is 0 Å². The minimum Gasteiger partial charge on any atom is -0.444 e. The van der Waals surface area contributed by atoms with Gasteiger partial charge in [0.05, 0.1) is 0 Å². The largest absolute Gasteiger partial charge is 0.444 e. The Morgan fingerprint density at radius 2 is 1.95 bits per heavy atom. The van der Waals surface area contributed by atoms with Crippen LogP contribution in [0.3, 0.4) is 0 Å². The molecule has 2 fully saturated rings. The normalized spacial score (nSPS) is 28.2. The molecule has 0 aliphatic heterocycles. The summed E-state index contributed by atoms with van der Waals surface area (Å²) in [7, 11) is 0. The molecular weight excluding hydrogens is 272 g/mol. The van der Waals surface area contributed by atoms with Crippen molar-refractivity contribution in [1.29, 1.82) is 0 Å². The summed E-state index contributed by atoms with van der Waals surface area (Å²) in [5, 5.41) is 6.59. The van der Waals surface area contributed by atoms with Gasteiger partial charge in [-0.2, -0.15) is 11.8 Å². The molecule has 0 aromatic carbocycles. The number of ether oxygens (including phenoxy) is 1. The molecule has 5 heteroatoms. The van der Waals surface area contributed by atoms with E-state index in [4.69, 9.17) is 4.74 Å². The van der Waals surface area contributed by atoms with Gasteiger partial charge in [-0.15, -0.1) is 0 Å². The summed E-state index contributed by atoms with van der Waals surface area (Å²) in [5.41, 5.74) is -0.416. The van der Waals surface area contributed by atoms with E-state index in [2.05, 4.69) is 16.9 Å². The summed E-state index contributed by atoms with van der Waals surface area (Å²) in [6, 6.07) is 0.827. The summed E-state index contributed by atoms with van der Waals surface area (Å²) < 4.78 is 5.75. The molecule has 20 heavy (non-hydrogen) atoms. The van der Waals surface area contributed by atoms with Crippen molar-refractivity contribution in [3.63, 3.8) is 0 Å². The fourth-order valence-corrected chi connectivity index (χ4v) is 3.66. The summed E-state index contributed by atoms with van der Waals surface area (Å²) >= 11 is 2.00. The monoisotopic (exact) mass is 300 g/mol. The summed E-state index contributed by atoms with van der Waals surface area (Å²) in [5.74, 6) is 0. The molecule has 0 aromatic heterocycles. The van der Waals surface area contributed by atoms with E-state index >= 15 is 0 Å². The Balaban J connectivity index is 1.59. The van der Waals surface area contributed by atoms with Crippen molar-refractivity contribution >= 4 is 17.9 Å². The second-order valence-electron chi connectivity index (χ2n) is 7.13. The lowest BCUT2D eigenvalue weighted by atomic mass is 9.82. The topological polar surface area (TPSA) is 50.4 Å².